The Hall–Kier alpha value is -2.56. The van der Waals surface area contributed by atoms with Crippen molar-refractivity contribution < 1.29 is 18.7 Å². The SMILES string of the molecule is CCN(Cc1ccc(OC)c(OC)c1)C(=O)Cc1ccccc1F. The Balaban J connectivity index is 2.11. The maximum Gasteiger partial charge on any atom is 0.227 e. The van der Waals surface area contributed by atoms with Crippen molar-refractivity contribution in [3.8, 4) is 11.5 Å². The zero-order valence-corrected chi connectivity index (χ0v) is 14.2. The maximum absolute atomic E-state index is 13.7. The van der Waals surface area contributed by atoms with Gasteiger partial charge in [0.05, 0.1) is 20.6 Å². The van der Waals surface area contributed by atoms with Gasteiger partial charge in [-0.05, 0) is 36.2 Å². The Labute approximate surface area is 141 Å². The molecule has 2 rings (SSSR count). The normalized spacial score (nSPS) is 10.3. The molecule has 0 unspecified atom stereocenters. The van der Waals surface area contributed by atoms with Crippen molar-refractivity contribution >= 4 is 5.91 Å². The molecule has 0 saturated carbocycles. The summed E-state index contributed by atoms with van der Waals surface area (Å²) >= 11 is 0. The molecule has 0 radical (unpaired) electrons. The second-order valence-electron chi connectivity index (χ2n) is 5.37. The highest BCUT2D eigenvalue weighted by Gasteiger charge is 2.16. The summed E-state index contributed by atoms with van der Waals surface area (Å²) in [6.45, 7) is 2.88. The number of ether oxygens (including phenoxy) is 2. The Kier molecular flexibility index (Phi) is 6.18. The molecule has 0 aliphatic heterocycles. The van der Waals surface area contributed by atoms with Crippen molar-refractivity contribution in [2.45, 2.75) is 19.9 Å². The number of carbonyl (C=O) groups is 1. The molecule has 1 amide bonds. The maximum atomic E-state index is 13.7. The summed E-state index contributed by atoms with van der Waals surface area (Å²) in [6, 6.07) is 11.9. The molecule has 2 aromatic carbocycles. The van der Waals surface area contributed by atoms with Crippen LogP contribution in [0.15, 0.2) is 42.5 Å². The van der Waals surface area contributed by atoms with Crippen molar-refractivity contribution in [2.75, 3.05) is 20.8 Å². The van der Waals surface area contributed by atoms with E-state index in [1.165, 1.54) is 6.07 Å². The molecule has 0 saturated heterocycles. The average Bonchev–Trinajstić information content (AvgIpc) is 2.61. The highest BCUT2D eigenvalue weighted by Crippen LogP contribution is 2.28. The standard InChI is InChI=1S/C19H22FNO3/c1-4-21(19(22)12-15-7-5-6-8-16(15)20)13-14-9-10-17(23-2)18(11-14)24-3/h5-11H,4,12-13H2,1-3H3. The van der Waals surface area contributed by atoms with Crippen molar-refractivity contribution in [3.63, 3.8) is 0 Å². The minimum absolute atomic E-state index is 0.0494. The topological polar surface area (TPSA) is 38.8 Å². The van der Waals surface area contributed by atoms with Gasteiger partial charge in [-0.15, -0.1) is 0 Å². The zero-order valence-electron chi connectivity index (χ0n) is 14.2. The van der Waals surface area contributed by atoms with E-state index in [0.29, 0.717) is 30.2 Å². The number of amides is 1. The number of nitrogens with zero attached hydrogens (tertiary/aromatic N) is 1. The first-order valence-corrected chi connectivity index (χ1v) is 7.81. The lowest BCUT2D eigenvalue weighted by Crippen LogP contribution is -2.31. The number of likely N-dealkylation sites (N-methyl/N-ethyl adjacent to an activating group) is 1. The molecule has 0 aromatic heterocycles. The largest absolute Gasteiger partial charge is 0.493 e. The number of rotatable bonds is 7. The molecular weight excluding hydrogens is 309 g/mol. The van der Waals surface area contributed by atoms with Crippen LogP contribution in [0.5, 0.6) is 11.5 Å². The molecule has 0 spiro atoms. The van der Waals surface area contributed by atoms with Crippen LogP contribution in [0, 0.1) is 5.82 Å². The van der Waals surface area contributed by atoms with Gasteiger partial charge in [0.25, 0.3) is 0 Å². The Morgan fingerprint density at radius 3 is 2.42 bits per heavy atom. The quantitative estimate of drug-likeness (QED) is 0.780. The van der Waals surface area contributed by atoms with Crippen molar-refractivity contribution in [2.24, 2.45) is 0 Å². The van der Waals surface area contributed by atoms with E-state index in [1.807, 2.05) is 25.1 Å². The first-order chi connectivity index (χ1) is 11.6. The third-order valence-corrected chi connectivity index (χ3v) is 3.86. The number of hydrogen-bond donors (Lipinski definition) is 0. The number of hydrogen-bond acceptors (Lipinski definition) is 3. The van der Waals surface area contributed by atoms with E-state index in [1.54, 1.807) is 37.3 Å². The van der Waals surface area contributed by atoms with Gasteiger partial charge in [-0.1, -0.05) is 24.3 Å². The second kappa shape index (κ2) is 8.34. The molecule has 128 valence electrons. The smallest absolute Gasteiger partial charge is 0.227 e. The molecule has 0 heterocycles. The molecule has 2 aromatic rings. The zero-order chi connectivity index (χ0) is 17.5. The van der Waals surface area contributed by atoms with E-state index >= 15 is 0 Å². The summed E-state index contributed by atoms with van der Waals surface area (Å²) < 4.78 is 24.2. The summed E-state index contributed by atoms with van der Waals surface area (Å²) in [5, 5.41) is 0. The molecule has 0 atom stereocenters. The highest BCUT2D eigenvalue weighted by molar-refractivity contribution is 5.78. The van der Waals surface area contributed by atoms with Crippen LogP contribution in [-0.2, 0) is 17.8 Å². The van der Waals surface area contributed by atoms with Crippen LogP contribution in [-0.4, -0.2) is 31.6 Å². The minimum atomic E-state index is -0.354. The molecule has 5 heteroatoms. The van der Waals surface area contributed by atoms with E-state index in [-0.39, 0.29) is 18.1 Å². The first kappa shape index (κ1) is 17.8. The molecule has 0 N–H and O–H groups in total. The van der Waals surface area contributed by atoms with Gasteiger partial charge < -0.3 is 14.4 Å². The minimum Gasteiger partial charge on any atom is -0.493 e. The summed E-state index contributed by atoms with van der Waals surface area (Å²) in [5.74, 6) is 0.792. The fourth-order valence-corrected chi connectivity index (χ4v) is 2.49. The van der Waals surface area contributed by atoms with Crippen molar-refractivity contribution in [1.29, 1.82) is 0 Å². The fraction of sp³-hybridized carbons (Fsp3) is 0.316. The second-order valence-corrected chi connectivity index (χ2v) is 5.37. The molecule has 0 aliphatic rings. The van der Waals surface area contributed by atoms with Gasteiger partial charge in [0.15, 0.2) is 11.5 Å². The molecule has 0 bridgehead atoms. The van der Waals surface area contributed by atoms with Crippen LogP contribution in [0.4, 0.5) is 4.39 Å². The number of methoxy groups -OCH3 is 2. The predicted molar refractivity (Wildman–Crippen MR) is 90.7 cm³/mol. The Morgan fingerprint density at radius 1 is 1.08 bits per heavy atom. The van der Waals surface area contributed by atoms with Gasteiger partial charge in [0.2, 0.25) is 5.91 Å². The van der Waals surface area contributed by atoms with Crippen LogP contribution in [0.3, 0.4) is 0 Å². The summed E-state index contributed by atoms with van der Waals surface area (Å²) in [5.41, 5.74) is 1.34. The van der Waals surface area contributed by atoms with E-state index < -0.39 is 0 Å². The molecule has 4 nitrogen and oxygen atoms in total. The van der Waals surface area contributed by atoms with Crippen LogP contribution in [0.1, 0.15) is 18.1 Å². The van der Waals surface area contributed by atoms with Gasteiger partial charge in [-0.3, -0.25) is 4.79 Å². The third-order valence-electron chi connectivity index (χ3n) is 3.86. The number of benzene rings is 2. The monoisotopic (exact) mass is 331 g/mol. The van der Waals surface area contributed by atoms with Gasteiger partial charge in [0, 0.05) is 13.1 Å². The van der Waals surface area contributed by atoms with Crippen molar-refractivity contribution in [3.05, 3.63) is 59.4 Å². The van der Waals surface area contributed by atoms with Crippen LogP contribution < -0.4 is 9.47 Å². The van der Waals surface area contributed by atoms with Crippen LogP contribution in [0.25, 0.3) is 0 Å². The number of halogens is 1. The lowest BCUT2D eigenvalue weighted by Gasteiger charge is -2.22. The molecular formula is C19H22FNO3. The summed E-state index contributed by atoms with van der Waals surface area (Å²) in [7, 11) is 3.15. The lowest BCUT2D eigenvalue weighted by molar-refractivity contribution is -0.130. The predicted octanol–water partition coefficient (Wildman–Crippen LogP) is 3.43. The average molecular weight is 331 g/mol. The van der Waals surface area contributed by atoms with E-state index in [0.717, 1.165) is 5.56 Å². The molecule has 24 heavy (non-hydrogen) atoms. The Bertz CT molecular complexity index is 703. The Morgan fingerprint density at radius 2 is 1.79 bits per heavy atom. The van der Waals surface area contributed by atoms with Gasteiger partial charge in [-0.2, -0.15) is 0 Å². The van der Waals surface area contributed by atoms with Gasteiger partial charge >= 0.3 is 0 Å². The van der Waals surface area contributed by atoms with Crippen molar-refractivity contribution in [1.82, 2.24) is 4.90 Å². The first-order valence-electron chi connectivity index (χ1n) is 7.81. The lowest BCUT2D eigenvalue weighted by atomic mass is 10.1. The van der Waals surface area contributed by atoms with E-state index in [4.69, 9.17) is 9.47 Å². The van der Waals surface area contributed by atoms with E-state index in [2.05, 4.69) is 0 Å². The highest BCUT2D eigenvalue weighted by atomic mass is 19.1. The summed E-state index contributed by atoms with van der Waals surface area (Å²) in [6.07, 6.45) is 0.0494. The molecule has 0 fully saturated rings. The van der Waals surface area contributed by atoms with Crippen LogP contribution in [0.2, 0.25) is 0 Å². The van der Waals surface area contributed by atoms with E-state index in [9.17, 15) is 9.18 Å². The fourth-order valence-electron chi connectivity index (χ4n) is 2.49. The van der Waals surface area contributed by atoms with Crippen LogP contribution >= 0.6 is 0 Å². The number of carbonyl (C=O) groups excluding carboxylic acids is 1. The van der Waals surface area contributed by atoms with Gasteiger partial charge in [0.1, 0.15) is 5.82 Å². The third kappa shape index (κ3) is 4.25. The summed E-state index contributed by atoms with van der Waals surface area (Å²) in [4.78, 5) is 14.2. The van der Waals surface area contributed by atoms with Gasteiger partial charge in [-0.25, -0.2) is 4.39 Å². The molecule has 0 aliphatic carbocycles.